The number of benzene rings is 1. The van der Waals surface area contributed by atoms with E-state index in [2.05, 4.69) is 9.55 Å². The first-order chi connectivity index (χ1) is 12.2. The van der Waals surface area contributed by atoms with E-state index in [0.717, 1.165) is 36.1 Å². The van der Waals surface area contributed by atoms with E-state index in [0.29, 0.717) is 23.7 Å². The molecule has 1 aromatic carbocycles. The number of imidazole rings is 1. The van der Waals surface area contributed by atoms with Crippen LogP contribution in [0.4, 0.5) is 0 Å². The second-order valence-electron chi connectivity index (χ2n) is 7.25. The van der Waals surface area contributed by atoms with Gasteiger partial charge in [0.25, 0.3) is 5.56 Å². The minimum absolute atomic E-state index is 0.00431. The summed E-state index contributed by atoms with van der Waals surface area (Å²) in [6.07, 6.45) is 8.07. The molecule has 0 aliphatic carbocycles. The number of aromatic nitrogens is 3. The van der Waals surface area contributed by atoms with Gasteiger partial charge in [0.2, 0.25) is 0 Å². The van der Waals surface area contributed by atoms with Crippen molar-refractivity contribution in [3.8, 4) is 11.4 Å². The fourth-order valence-electron chi connectivity index (χ4n) is 4.47. The molecule has 2 aliphatic rings. The normalized spacial score (nSPS) is 25.1. The lowest BCUT2D eigenvalue weighted by molar-refractivity contribution is 0.0900. The van der Waals surface area contributed by atoms with Crippen LogP contribution in [0.15, 0.2) is 47.5 Å². The minimum atomic E-state index is -0.00431. The maximum Gasteiger partial charge on any atom is 0.261 e. The van der Waals surface area contributed by atoms with E-state index in [1.54, 1.807) is 10.8 Å². The predicted octanol–water partition coefficient (Wildman–Crippen LogP) is 2.97. The Kier molecular flexibility index (Phi) is 3.31. The van der Waals surface area contributed by atoms with Crippen molar-refractivity contribution >= 4 is 10.9 Å². The van der Waals surface area contributed by atoms with Gasteiger partial charge in [0, 0.05) is 31.9 Å². The molecule has 5 nitrogen and oxygen atoms in total. The third kappa shape index (κ3) is 2.34. The SMILES string of the molecule is Cn1c(=O)c(-c2nccn2C[C@@H]2C[C@@H]3CC[C@H]2O3)cc2ccccc21. The van der Waals surface area contributed by atoms with Crippen molar-refractivity contribution < 1.29 is 4.74 Å². The molecule has 0 amide bonds. The molecule has 3 atom stereocenters. The van der Waals surface area contributed by atoms with E-state index in [4.69, 9.17) is 4.74 Å². The molecule has 5 rings (SSSR count). The Morgan fingerprint density at radius 3 is 2.96 bits per heavy atom. The van der Waals surface area contributed by atoms with Gasteiger partial charge in [0.15, 0.2) is 0 Å². The Balaban J connectivity index is 1.56. The number of aryl methyl sites for hydroxylation is 1. The number of fused-ring (bicyclic) bond motifs is 3. The number of pyridine rings is 1. The van der Waals surface area contributed by atoms with Gasteiger partial charge in [-0.15, -0.1) is 0 Å². The summed E-state index contributed by atoms with van der Waals surface area (Å²) in [5.41, 5.74) is 1.60. The van der Waals surface area contributed by atoms with Crippen LogP contribution in [0.5, 0.6) is 0 Å². The van der Waals surface area contributed by atoms with Crippen molar-refractivity contribution in [1.82, 2.24) is 14.1 Å². The van der Waals surface area contributed by atoms with Gasteiger partial charge in [-0.2, -0.15) is 0 Å². The molecule has 2 bridgehead atoms. The highest BCUT2D eigenvalue weighted by Crippen LogP contribution is 2.39. The van der Waals surface area contributed by atoms with Crippen LogP contribution in [0.2, 0.25) is 0 Å². The van der Waals surface area contributed by atoms with E-state index >= 15 is 0 Å². The molecule has 25 heavy (non-hydrogen) atoms. The van der Waals surface area contributed by atoms with Crippen LogP contribution in [-0.4, -0.2) is 26.3 Å². The van der Waals surface area contributed by atoms with E-state index in [9.17, 15) is 4.79 Å². The molecular weight excluding hydrogens is 314 g/mol. The van der Waals surface area contributed by atoms with Gasteiger partial charge >= 0.3 is 0 Å². The quantitative estimate of drug-likeness (QED) is 0.739. The average molecular weight is 335 g/mol. The molecule has 0 saturated carbocycles. The fourth-order valence-corrected chi connectivity index (χ4v) is 4.47. The summed E-state index contributed by atoms with van der Waals surface area (Å²) in [5, 5.41) is 1.05. The lowest BCUT2D eigenvalue weighted by Gasteiger charge is -2.20. The van der Waals surface area contributed by atoms with Gasteiger partial charge in [-0.05, 0) is 36.8 Å². The highest BCUT2D eigenvalue weighted by Gasteiger charge is 2.40. The van der Waals surface area contributed by atoms with Gasteiger partial charge in [-0.25, -0.2) is 4.98 Å². The van der Waals surface area contributed by atoms with Crippen molar-refractivity contribution in [2.24, 2.45) is 13.0 Å². The monoisotopic (exact) mass is 335 g/mol. The molecular formula is C20H21N3O2. The summed E-state index contributed by atoms with van der Waals surface area (Å²) in [6, 6.07) is 9.93. The topological polar surface area (TPSA) is 49.0 Å². The number of ether oxygens (including phenoxy) is 1. The van der Waals surface area contributed by atoms with Crippen LogP contribution in [0.1, 0.15) is 19.3 Å². The lowest BCUT2D eigenvalue weighted by atomic mass is 9.89. The molecule has 128 valence electrons. The summed E-state index contributed by atoms with van der Waals surface area (Å²) in [4.78, 5) is 17.4. The molecule has 4 heterocycles. The molecule has 2 aromatic heterocycles. The third-order valence-electron chi connectivity index (χ3n) is 5.75. The van der Waals surface area contributed by atoms with Crippen LogP contribution in [-0.2, 0) is 18.3 Å². The smallest absolute Gasteiger partial charge is 0.261 e. The van der Waals surface area contributed by atoms with E-state index < -0.39 is 0 Å². The fraction of sp³-hybridized carbons (Fsp3) is 0.400. The van der Waals surface area contributed by atoms with E-state index in [-0.39, 0.29) is 5.56 Å². The lowest BCUT2D eigenvalue weighted by Crippen LogP contribution is -2.24. The number of rotatable bonds is 3. The third-order valence-corrected chi connectivity index (χ3v) is 5.75. The average Bonchev–Trinajstić information content (AvgIpc) is 3.35. The predicted molar refractivity (Wildman–Crippen MR) is 96.4 cm³/mol. The molecule has 5 heteroatoms. The largest absolute Gasteiger partial charge is 0.375 e. The van der Waals surface area contributed by atoms with E-state index in [1.165, 1.54) is 6.42 Å². The van der Waals surface area contributed by atoms with Gasteiger partial charge < -0.3 is 13.9 Å². The molecule has 2 fully saturated rings. The van der Waals surface area contributed by atoms with Crippen LogP contribution < -0.4 is 5.56 Å². The van der Waals surface area contributed by atoms with Crippen molar-refractivity contribution in [2.75, 3.05) is 0 Å². The number of para-hydroxylation sites is 1. The zero-order chi connectivity index (χ0) is 17.0. The zero-order valence-corrected chi connectivity index (χ0v) is 14.3. The molecule has 2 aliphatic heterocycles. The van der Waals surface area contributed by atoms with Gasteiger partial charge in [0.05, 0.1) is 23.3 Å². The Labute approximate surface area is 145 Å². The summed E-state index contributed by atoms with van der Waals surface area (Å²) < 4.78 is 9.82. The summed E-state index contributed by atoms with van der Waals surface area (Å²) in [6.45, 7) is 0.868. The summed E-state index contributed by atoms with van der Waals surface area (Å²) in [7, 11) is 1.82. The minimum Gasteiger partial charge on any atom is -0.375 e. The van der Waals surface area contributed by atoms with E-state index in [1.807, 2.05) is 43.6 Å². The number of hydrogen-bond donors (Lipinski definition) is 0. The first-order valence-electron chi connectivity index (χ1n) is 8.96. The van der Waals surface area contributed by atoms with Crippen LogP contribution in [0.25, 0.3) is 22.3 Å². The van der Waals surface area contributed by atoms with Crippen molar-refractivity contribution in [3.63, 3.8) is 0 Å². The highest BCUT2D eigenvalue weighted by molar-refractivity contribution is 5.83. The number of hydrogen-bond acceptors (Lipinski definition) is 3. The van der Waals surface area contributed by atoms with Gasteiger partial charge in [-0.3, -0.25) is 4.79 Å². The summed E-state index contributed by atoms with van der Waals surface area (Å²) >= 11 is 0. The van der Waals surface area contributed by atoms with Crippen LogP contribution >= 0.6 is 0 Å². The molecule has 0 radical (unpaired) electrons. The Bertz CT molecular complexity index is 1000. The number of nitrogens with zero attached hydrogens (tertiary/aromatic N) is 3. The molecule has 2 saturated heterocycles. The molecule has 3 aromatic rings. The van der Waals surface area contributed by atoms with Crippen molar-refractivity contribution in [2.45, 2.75) is 38.0 Å². The second-order valence-corrected chi connectivity index (χ2v) is 7.25. The maximum atomic E-state index is 12.9. The first kappa shape index (κ1) is 14.9. The van der Waals surface area contributed by atoms with Gasteiger partial charge in [-0.1, -0.05) is 18.2 Å². The first-order valence-corrected chi connectivity index (χ1v) is 8.96. The summed E-state index contributed by atoms with van der Waals surface area (Å²) in [5.74, 6) is 1.28. The molecule has 0 spiro atoms. The maximum absolute atomic E-state index is 12.9. The Hall–Kier alpha value is -2.40. The highest BCUT2D eigenvalue weighted by atomic mass is 16.5. The second kappa shape index (κ2) is 5.56. The van der Waals surface area contributed by atoms with Crippen molar-refractivity contribution in [3.05, 3.63) is 53.1 Å². The van der Waals surface area contributed by atoms with Crippen LogP contribution in [0, 0.1) is 5.92 Å². The molecule has 0 unspecified atom stereocenters. The standard InChI is InChI=1S/C20H21N3O2/c1-22-17-5-3-2-4-13(17)11-16(20(22)24)19-21-8-9-23(19)12-14-10-15-6-7-18(14)25-15/h2-5,8-9,11,14-15,18H,6-7,10,12H2,1H3/t14-,15-,18+/m0/s1. The Morgan fingerprint density at radius 1 is 1.28 bits per heavy atom. The van der Waals surface area contributed by atoms with Gasteiger partial charge in [0.1, 0.15) is 5.82 Å². The zero-order valence-electron chi connectivity index (χ0n) is 14.3. The molecule has 0 N–H and O–H groups in total. The Morgan fingerprint density at radius 2 is 2.16 bits per heavy atom. The van der Waals surface area contributed by atoms with Crippen LogP contribution in [0.3, 0.4) is 0 Å². The van der Waals surface area contributed by atoms with Crippen molar-refractivity contribution in [1.29, 1.82) is 0 Å².